The predicted octanol–water partition coefficient (Wildman–Crippen LogP) is 1.02. The first-order chi connectivity index (χ1) is 6.75. The zero-order valence-electron chi connectivity index (χ0n) is 7.89. The third-order valence-corrected chi connectivity index (χ3v) is 2.59. The third kappa shape index (κ3) is 1.92. The maximum atomic E-state index is 10.4. The summed E-state index contributed by atoms with van der Waals surface area (Å²) in [4.78, 5) is 10.4. The highest BCUT2D eigenvalue weighted by Gasteiger charge is 2.18. The van der Waals surface area contributed by atoms with Crippen LogP contribution in [0.4, 0.5) is 0 Å². The van der Waals surface area contributed by atoms with Gasteiger partial charge in [-0.1, -0.05) is 18.1 Å². The van der Waals surface area contributed by atoms with E-state index in [2.05, 4.69) is 10.3 Å². The van der Waals surface area contributed by atoms with Crippen molar-refractivity contribution < 1.29 is 9.90 Å². The van der Waals surface area contributed by atoms with Crippen molar-refractivity contribution in [2.24, 2.45) is 0 Å². The van der Waals surface area contributed by atoms with Gasteiger partial charge in [-0.2, -0.15) is 0 Å². The monoisotopic (exact) mass is 195 g/mol. The van der Waals surface area contributed by atoms with Crippen molar-refractivity contribution >= 4 is 5.97 Å². The Bertz CT molecular complexity index is 329. The quantitative estimate of drug-likeness (QED) is 0.781. The van der Waals surface area contributed by atoms with Gasteiger partial charge in [0.25, 0.3) is 0 Å². The number of aliphatic carboxylic acids is 1. The number of nitrogens with zero attached hydrogens (tertiary/aromatic N) is 3. The Kier molecular flexibility index (Phi) is 2.47. The van der Waals surface area contributed by atoms with Crippen molar-refractivity contribution in [3.05, 3.63) is 11.9 Å². The summed E-state index contributed by atoms with van der Waals surface area (Å²) in [6, 6.07) is 0.435. The van der Waals surface area contributed by atoms with Crippen molar-refractivity contribution in [1.82, 2.24) is 15.0 Å². The molecular weight excluding hydrogens is 182 g/mol. The van der Waals surface area contributed by atoms with Gasteiger partial charge in [0.05, 0.1) is 18.2 Å². The van der Waals surface area contributed by atoms with Gasteiger partial charge in [0.2, 0.25) is 0 Å². The third-order valence-electron chi connectivity index (χ3n) is 2.59. The molecule has 5 heteroatoms. The standard InChI is InChI=1S/C9H13N3O2/c13-9(14)5-7-6-12(11-10-7)8-3-1-2-4-8/h6,8H,1-5H2,(H,13,14). The van der Waals surface area contributed by atoms with E-state index >= 15 is 0 Å². The van der Waals surface area contributed by atoms with Crippen molar-refractivity contribution in [1.29, 1.82) is 0 Å². The lowest BCUT2D eigenvalue weighted by Crippen LogP contribution is -2.05. The van der Waals surface area contributed by atoms with E-state index in [9.17, 15) is 4.79 Å². The highest BCUT2D eigenvalue weighted by Crippen LogP contribution is 2.28. The smallest absolute Gasteiger partial charge is 0.309 e. The molecule has 1 aromatic rings. The molecule has 0 bridgehead atoms. The molecule has 2 rings (SSSR count). The molecule has 0 atom stereocenters. The molecule has 0 amide bonds. The molecule has 0 unspecified atom stereocenters. The van der Waals surface area contributed by atoms with Crippen molar-refractivity contribution in [3.63, 3.8) is 0 Å². The van der Waals surface area contributed by atoms with Crippen LogP contribution in [0.15, 0.2) is 6.20 Å². The topological polar surface area (TPSA) is 68.0 Å². The Morgan fingerprint density at radius 1 is 1.57 bits per heavy atom. The van der Waals surface area contributed by atoms with Gasteiger partial charge in [0.15, 0.2) is 0 Å². The Morgan fingerprint density at radius 3 is 2.93 bits per heavy atom. The van der Waals surface area contributed by atoms with Crippen LogP contribution in [0.25, 0.3) is 0 Å². The van der Waals surface area contributed by atoms with Gasteiger partial charge in [-0.3, -0.25) is 4.79 Å². The first-order valence-electron chi connectivity index (χ1n) is 4.88. The second kappa shape index (κ2) is 3.77. The van der Waals surface area contributed by atoms with E-state index in [1.54, 1.807) is 6.20 Å². The predicted molar refractivity (Wildman–Crippen MR) is 48.9 cm³/mol. The van der Waals surface area contributed by atoms with E-state index in [0.29, 0.717) is 11.7 Å². The molecule has 0 aliphatic heterocycles. The van der Waals surface area contributed by atoms with Gasteiger partial charge in [0, 0.05) is 6.20 Å². The van der Waals surface area contributed by atoms with Crippen LogP contribution in [0.5, 0.6) is 0 Å². The second-order valence-corrected chi connectivity index (χ2v) is 3.70. The van der Waals surface area contributed by atoms with Gasteiger partial charge in [-0.25, -0.2) is 4.68 Å². The van der Waals surface area contributed by atoms with E-state index in [1.165, 1.54) is 12.8 Å². The number of carbonyl (C=O) groups is 1. The molecule has 0 saturated heterocycles. The number of carboxylic acids is 1. The highest BCUT2D eigenvalue weighted by molar-refractivity contribution is 5.69. The molecular formula is C9H13N3O2. The molecule has 76 valence electrons. The second-order valence-electron chi connectivity index (χ2n) is 3.70. The first kappa shape index (κ1) is 9.18. The highest BCUT2D eigenvalue weighted by atomic mass is 16.4. The summed E-state index contributed by atoms with van der Waals surface area (Å²) >= 11 is 0. The number of hydrogen-bond acceptors (Lipinski definition) is 3. The molecule has 14 heavy (non-hydrogen) atoms. The van der Waals surface area contributed by atoms with Crippen LogP contribution < -0.4 is 0 Å². The zero-order valence-corrected chi connectivity index (χ0v) is 7.89. The molecule has 5 nitrogen and oxygen atoms in total. The molecule has 1 aliphatic rings. The average molecular weight is 195 g/mol. The molecule has 1 aromatic heterocycles. The molecule has 0 radical (unpaired) electrons. The minimum atomic E-state index is -0.858. The minimum absolute atomic E-state index is 0.0350. The Balaban J connectivity index is 2.05. The summed E-state index contributed by atoms with van der Waals surface area (Å²) in [5.41, 5.74) is 0.546. The number of hydrogen-bond donors (Lipinski definition) is 1. The van der Waals surface area contributed by atoms with Crippen molar-refractivity contribution in [2.45, 2.75) is 38.1 Å². The summed E-state index contributed by atoms with van der Waals surface area (Å²) < 4.78 is 1.81. The summed E-state index contributed by atoms with van der Waals surface area (Å²) in [5, 5.41) is 16.4. The van der Waals surface area contributed by atoms with Gasteiger partial charge < -0.3 is 5.11 Å². The fourth-order valence-corrected chi connectivity index (χ4v) is 1.90. The largest absolute Gasteiger partial charge is 0.481 e. The fraction of sp³-hybridized carbons (Fsp3) is 0.667. The van der Waals surface area contributed by atoms with Gasteiger partial charge in [-0.05, 0) is 12.8 Å². The zero-order chi connectivity index (χ0) is 9.97. The Hall–Kier alpha value is -1.39. The summed E-state index contributed by atoms with van der Waals surface area (Å²) in [6.07, 6.45) is 6.46. The maximum absolute atomic E-state index is 10.4. The summed E-state index contributed by atoms with van der Waals surface area (Å²) in [6.45, 7) is 0. The Morgan fingerprint density at radius 2 is 2.29 bits per heavy atom. The molecule has 1 fully saturated rings. The fourth-order valence-electron chi connectivity index (χ4n) is 1.90. The summed E-state index contributed by atoms with van der Waals surface area (Å²) in [7, 11) is 0. The number of aromatic nitrogens is 3. The van der Waals surface area contributed by atoms with Crippen LogP contribution in [0, 0.1) is 0 Å². The molecule has 1 saturated carbocycles. The molecule has 1 heterocycles. The van der Waals surface area contributed by atoms with Gasteiger partial charge >= 0.3 is 5.97 Å². The lowest BCUT2D eigenvalue weighted by atomic mass is 10.2. The van der Waals surface area contributed by atoms with Crippen LogP contribution in [0.1, 0.15) is 37.4 Å². The van der Waals surface area contributed by atoms with Crippen LogP contribution in [-0.2, 0) is 11.2 Å². The van der Waals surface area contributed by atoms with Gasteiger partial charge in [0.1, 0.15) is 0 Å². The minimum Gasteiger partial charge on any atom is -0.481 e. The van der Waals surface area contributed by atoms with Crippen molar-refractivity contribution in [3.8, 4) is 0 Å². The lowest BCUT2D eigenvalue weighted by Gasteiger charge is -2.06. The van der Waals surface area contributed by atoms with Crippen LogP contribution in [-0.4, -0.2) is 26.1 Å². The van der Waals surface area contributed by atoms with E-state index in [0.717, 1.165) is 12.8 Å². The molecule has 0 aromatic carbocycles. The number of carboxylic acid groups (broad SMARTS) is 1. The SMILES string of the molecule is O=C(O)Cc1cn(C2CCCC2)nn1. The first-order valence-corrected chi connectivity index (χ1v) is 4.88. The van der Waals surface area contributed by atoms with E-state index in [1.807, 2.05) is 4.68 Å². The summed E-state index contributed by atoms with van der Waals surface area (Å²) in [5.74, 6) is -0.858. The normalized spacial score (nSPS) is 17.4. The average Bonchev–Trinajstić information content (AvgIpc) is 2.69. The molecule has 1 aliphatic carbocycles. The lowest BCUT2D eigenvalue weighted by molar-refractivity contribution is -0.136. The Labute approximate surface area is 81.7 Å². The van der Waals surface area contributed by atoms with Crippen molar-refractivity contribution in [2.75, 3.05) is 0 Å². The molecule has 1 N–H and O–H groups in total. The van der Waals surface area contributed by atoms with E-state index in [-0.39, 0.29) is 6.42 Å². The van der Waals surface area contributed by atoms with Gasteiger partial charge in [-0.15, -0.1) is 5.10 Å². The maximum Gasteiger partial charge on any atom is 0.309 e. The van der Waals surface area contributed by atoms with E-state index < -0.39 is 5.97 Å². The number of rotatable bonds is 3. The molecule has 0 spiro atoms. The van der Waals surface area contributed by atoms with Crippen LogP contribution >= 0.6 is 0 Å². The van der Waals surface area contributed by atoms with Crippen LogP contribution in [0.2, 0.25) is 0 Å². The van der Waals surface area contributed by atoms with E-state index in [4.69, 9.17) is 5.11 Å². The van der Waals surface area contributed by atoms with Crippen LogP contribution in [0.3, 0.4) is 0 Å².